The molecule has 1 aromatic carbocycles. The molecule has 12 heteroatoms. The molecule has 2 aromatic heterocycles. The zero-order valence-corrected chi connectivity index (χ0v) is 18.3. The van der Waals surface area contributed by atoms with Crippen LogP contribution in [0.4, 0.5) is 13.2 Å². The van der Waals surface area contributed by atoms with E-state index in [0.29, 0.717) is 12.0 Å². The van der Waals surface area contributed by atoms with E-state index in [2.05, 4.69) is 19.9 Å². The number of fused-ring (bicyclic) bond motifs is 1. The van der Waals surface area contributed by atoms with Crippen molar-refractivity contribution in [2.45, 2.75) is 37.5 Å². The number of rotatable bonds is 8. The third-order valence-corrected chi connectivity index (χ3v) is 6.52. The van der Waals surface area contributed by atoms with E-state index in [1.807, 2.05) is 5.38 Å². The van der Waals surface area contributed by atoms with Gasteiger partial charge in [-0.05, 0) is 24.1 Å². The minimum Gasteiger partial charge on any atom is -0.469 e. The Balaban J connectivity index is 1.34. The number of aromatic nitrogens is 3. The van der Waals surface area contributed by atoms with Crippen LogP contribution in [0.15, 0.2) is 47.2 Å². The standard InChI is InChI=1S/C22H18F3N5O3S/c23-14-2-1-11(5-12(14)22(20(24)25)13-7-17(13)33-21(26)30-22)6-16(31)15-8-29-18(9-28-15)32-10-19-27-3-4-34-19/h1-5,8-9,13,17,20H,6-7,10H2,(H2,26,30)/t13-,17+,22+/m0/s1. The summed E-state index contributed by atoms with van der Waals surface area (Å²) in [6, 6.07) is 3.27. The highest BCUT2D eigenvalue weighted by atomic mass is 32.1. The number of ether oxygens (including phenoxy) is 2. The molecule has 0 amide bonds. The van der Waals surface area contributed by atoms with Crippen molar-refractivity contribution in [1.82, 2.24) is 15.0 Å². The molecule has 3 aromatic rings. The Morgan fingerprint density at radius 2 is 2.15 bits per heavy atom. The molecule has 1 saturated carbocycles. The number of aliphatic imine (C=N–C) groups is 1. The van der Waals surface area contributed by atoms with Gasteiger partial charge in [0.1, 0.15) is 29.2 Å². The van der Waals surface area contributed by atoms with Gasteiger partial charge < -0.3 is 15.2 Å². The van der Waals surface area contributed by atoms with Crippen LogP contribution in [0.2, 0.25) is 0 Å². The number of halogens is 3. The summed E-state index contributed by atoms with van der Waals surface area (Å²) in [6.07, 6.45) is 0.815. The lowest BCUT2D eigenvalue weighted by atomic mass is 9.83. The number of alkyl halides is 2. The summed E-state index contributed by atoms with van der Waals surface area (Å²) in [7, 11) is 0. The number of nitrogens with zero attached hydrogens (tertiary/aromatic N) is 4. The van der Waals surface area contributed by atoms with Crippen LogP contribution in [0.5, 0.6) is 5.88 Å². The summed E-state index contributed by atoms with van der Waals surface area (Å²) >= 11 is 1.43. The molecule has 0 unspecified atom stereocenters. The molecule has 1 aliphatic heterocycles. The number of ketones is 1. The van der Waals surface area contributed by atoms with Crippen molar-refractivity contribution >= 4 is 23.1 Å². The van der Waals surface area contributed by atoms with Crippen molar-refractivity contribution in [3.05, 3.63) is 69.8 Å². The maximum atomic E-state index is 14.7. The van der Waals surface area contributed by atoms with Crippen molar-refractivity contribution in [1.29, 1.82) is 0 Å². The van der Waals surface area contributed by atoms with E-state index >= 15 is 0 Å². The molecule has 5 rings (SSSR count). The first-order valence-corrected chi connectivity index (χ1v) is 11.2. The van der Waals surface area contributed by atoms with Gasteiger partial charge in [-0.3, -0.25) is 4.79 Å². The fourth-order valence-corrected chi connectivity index (χ4v) is 4.59. The number of carbonyl (C=O) groups is 1. The third-order valence-electron chi connectivity index (χ3n) is 5.76. The van der Waals surface area contributed by atoms with E-state index < -0.39 is 41.6 Å². The number of benzene rings is 1. The highest BCUT2D eigenvalue weighted by Gasteiger charge is 2.64. The monoisotopic (exact) mass is 489 g/mol. The van der Waals surface area contributed by atoms with Crippen LogP contribution in [-0.4, -0.2) is 39.3 Å². The van der Waals surface area contributed by atoms with Crippen LogP contribution in [0.1, 0.15) is 33.0 Å². The maximum Gasteiger partial charge on any atom is 0.283 e. The van der Waals surface area contributed by atoms with Crippen LogP contribution in [-0.2, 0) is 23.3 Å². The van der Waals surface area contributed by atoms with E-state index in [1.54, 1.807) is 6.20 Å². The molecule has 3 heterocycles. The Bertz CT molecular complexity index is 1240. The molecule has 2 N–H and O–H groups in total. The molecule has 0 radical (unpaired) electrons. The van der Waals surface area contributed by atoms with E-state index in [4.69, 9.17) is 15.2 Å². The zero-order chi connectivity index (χ0) is 23.9. The van der Waals surface area contributed by atoms with Gasteiger partial charge >= 0.3 is 0 Å². The fourth-order valence-electron chi connectivity index (χ4n) is 4.06. The molecule has 0 spiro atoms. The first-order valence-electron chi connectivity index (χ1n) is 10.3. The number of thiazole rings is 1. The lowest BCUT2D eigenvalue weighted by Crippen LogP contribution is -2.43. The molecule has 0 saturated heterocycles. The molecule has 176 valence electrons. The highest BCUT2D eigenvalue weighted by molar-refractivity contribution is 7.09. The van der Waals surface area contributed by atoms with Crippen molar-refractivity contribution in [2.75, 3.05) is 0 Å². The molecule has 1 aliphatic carbocycles. The molecule has 3 atom stereocenters. The maximum absolute atomic E-state index is 14.7. The Morgan fingerprint density at radius 1 is 1.29 bits per heavy atom. The average molecular weight is 489 g/mol. The number of amidine groups is 1. The lowest BCUT2D eigenvalue weighted by Gasteiger charge is -2.33. The SMILES string of the molecule is NC1=N[C@@](c2cc(CC(=O)c3cnc(OCc4nccs4)cn3)ccc2F)(C(F)F)[C@H]2C[C@H]2O1. The number of Topliss-reactive ketones (excluding diaryl/α,β-unsaturated/α-hetero) is 1. The summed E-state index contributed by atoms with van der Waals surface area (Å²) in [6.45, 7) is 0.226. The minimum absolute atomic E-state index is 0.0617. The van der Waals surface area contributed by atoms with Gasteiger partial charge in [-0.2, -0.15) is 0 Å². The van der Waals surface area contributed by atoms with Gasteiger partial charge in [-0.1, -0.05) is 6.07 Å². The number of hydrogen-bond donors (Lipinski definition) is 1. The van der Waals surface area contributed by atoms with Crippen molar-refractivity contribution in [3.63, 3.8) is 0 Å². The van der Waals surface area contributed by atoms with Gasteiger partial charge in [0.25, 0.3) is 12.4 Å². The van der Waals surface area contributed by atoms with E-state index in [9.17, 15) is 18.0 Å². The van der Waals surface area contributed by atoms with Gasteiger partial charge in [0, 0.05) is 29.5 Å². The summed E-state index contributed by atoms with van der Waals surface area (Å²) in [5, 5.41) is 2.59. The van der Waals surface area contributed by atoms with Gasteiger partial charge in [-0.25, -0.2) is 33.1 Å². The van der Waals surface area contributed by atoms with Crippen LogP contribution < -0.4 is 10.5 Å². The van der Waals surface area contributed by atoms with Crippen molar-refractivity contribution in [2.24, 2.45) is 16.6 Å². The Kier molecular flexibility index (Phi) is 5.68. The topological polar surface area (TPSA) is 113 Å². The molecular formula is C22H18F3N5O3S. The molecule has 2 aliphatic rings. The van der Waals surface area contributed by atoms with Crippen LogP contribution in [0.3, 0.4) is 0 Å². The second kappa shape index (κ2) is 8.67. The second-order valence-electron chi connectivity index (χ2n) is 7.94. The molecule has 34 heavy (non-hydrogen) atoms. The smallest absolute Gasteiger partial charge is 0.283 e. The van der Waals surface area contributed by atoms with Crippen LogP contribution >= 0.6 is 11.3 Å². The predicted octanol–water partition coefficient (Wildman–Crippen LogP) is 3.27. The quantitative estimate of drug-likeness (QED) is 0.483. The fraction of sp³-hybridized carbons (Fsp3) is 0.318. The largest absolute Gasteiger partial charge is 0.469 e. The molecule has 0 bridgehead atoms. The van der Waals surface area contributed by atoms with Gasteiger partial charge in [-0.15, -0.1) is 11.3 Å². The molecule has 1 fully saturated rings. The zero-order valence-electron chi connectivity index (χ0n) is 17.5. The predicted molar refractivity (Wildman–Crippen MR) is 115 cm³/mol. The van der Waals surface area contributed by atoms with Crippen LogP contribution in [0.25, 0.3) is 0 Å². The molecule has 8 nitrogen and oxygen atoms in total. The van der Waals surface area contributed by atoms with E-state index in [0.717, 1.165) is 11.1 Å². The van der Waals surface area contributed by atoms with Gasteiger partial charge in [0.15, 0.2) is 11.3 Å². The lowest BCUT2D eigenvalue weighted by molar-refractivity contribution is 0.0176. The summed E-state index contributed by atoms with van der Waals surface area (Å²) in [5.74, 6) is -1.73. The first-order chi connectivity index (χ1) is 16.4. The van der Waals surface area contributed by atoms with Gasteiger partial charge in [0.2, 0.25) is 5.88 Å². The summed E-state index contributed by atoms with van der Waals surface area (Å²) < 4.78 is 54.0. The second-order valence-corrected chi connectivity index (χ2v) is 8.92. The Labute approximate surface area is 195 Å². The van der Waals surface area contributed by atoms with Crippen molar-refractivity contribution in [3.8, 4) is 5.88 Å². The summed E-state index contributed by atoms with van der Waals surface area (Å²) in [4.78, 5) is 28.8. The highest BCUT2D eigenvalue weighted by Crippen LogP contribution is 2.56. The third kappa shape index (κ3) is 4.09. The van der Waals surface area contributed by atoms with Crippen LogP contribution in [0, 0.1) is 11.7 Å². The number of carbonyl (C=O) groups excluding carboxylic acids is 1. The van der Waals surface area contributed by atoms with E-state index in [1.165, 1.54) is 35.9 Å². The first kappa shape index (κ1) is 22.3. The number of hydrogen-bond acceptors (Lipinski definition) is 9. The Morgan fingerprint density at radius 3 is 2.85 bits per heavy atom. The Hall–Kier alpha value is -3.54. The number of nitrogens with two attached hydrogens (primary N) is 1. The van der Waals surface area contributed by atoms with Gasteiger partial charge in [0.05, 0.1) is 12.4 Å². The minimum atomic E-state index is -3.01. The average Bonchev–Trinajstić information content (AvgIpc) is 3.41. The summed E-state index contributed by atoms with van der Waals surface area (Å²) in [5.41, 5.74) is 3.55. The van der Waals surface area contributed by atoms with Crippen molar-refractivity contribution < 1.29 is 27.4 Å². The van der Waals surface area contributed by atoms with E-state index in [-0.39, 0.29) is 30.2 Å². The normalized spacial score (nSPS) is 23.1. The molecular weight excluding hydrogens is 471 g/mol.